The highest BCUT2D eigenvalue weighted by atomic mass is 35.5. The van der Waals surface area contributed by atoms with Crippen molar-refractivity contribution in [2.75, 3.05) is 11.9 Å². The Balaban J connectivity index is 2.23. The highest BCUT2D eigenvalue weighted by Gasteiger charge is 2.15. The SMILES string of the molecule is CCc1ccc(N(C)C(=O)c2cncc(Cl)n2)cc1. The van der Waals surface area contributed by atoms with Crippen LogP contribution >= 0.6 is 11.6 Å². The Morgan fingerprint density at radius 1 is 1.26 bits per heavy atom. The summed E-state index contributed by atoms with van der Waals surface area (Å²) in [5.74, 6) is -0.237. The third kappa shape index (κ3) is 3.09. The zero-order valence-corrected chi connectivity index (χ0v) is 11.6. The van der Waals surface area contributed by atoms with Crippen molar-refractivity contribution < 1.29 is 4.79 Å². The number of hydrogen-bond donors (Lipinski definition) is 0. The van der Waals surface area contributed by atoms with E-state index < -0.39 is 0 Å². The normalized spacial score (nSPS) is 10.3. The summed E-state index contributed by atoms with van der Waals surface area (Å²) in [4.78, 5) is 21.6. The Bertz CT molecular complexity index is 583. The van der Waals surface area contributed by atoms with Gasteiger partial charge in [-0.3, -0.25) is 9.78 Å². The minimum Gasteiger partial charge on any atom is -0.310 e. The lowest BCUT2D eigenvalue weighted by atomic mass is 10.1. The Hall–Kier alpha value is -1.94. The Labute approximate surface area is 117 Å². The number of carbonyl (C=O) groups is 1. The summed E-state index contributed by atoms with van der Waals surface area (Å²) in [6, 6.07) is 7.83. The van der Waals surface area contributed by atoms with E-state index in [0.29, 0.717) is 0 Å². The molecule has 1 amide bonds. The number of benzene rings is 1. The van der Waals surface area contributed by atoms with Gasteiger partial charge < -0.3 is 4.90 Å². The fourth-order valence-electron chi connectivity index (χ4n) is 1.69. The Kier molecular flexibility index (Phi) is 4.12. The van der Waals surface area contributed by atoms with Crippen molar-refractivity contribution in [2.45, 2.75) is 13.3 Å². The summed E-state index contributed by atoms with van der Waals surface area (Å²) in [5, 5.41) is 0.209. The van der Waals surface area contributed by atoms with Crippen molar-refractivity contribution in [3.63, 3.8) is 0 Å². The van der Waals surface area contributed by atoms with Crippen LogP contribution in [0.1, 0.15) is 23.0 Å². The van der Waals surface area contributed by atoms with E-state index >= 15 is 0 Å². The second-order valence-electron chi connectivity index (χ2n) is 4.11. The highest BCUT2D eigenvalue weighted by Crippen LogP contribution is 2.16. The lowest BCUT2D eigenvalue weighted by molar-refractivity contribution is 0.0988. The summed E-state index contributed by atoms with van der Waals surface area (Å²) in [5.41, 5.74) is 2.27. The van der Waals surface area contributed by atoms with Gasteiger partial charge in [0.05, 0.1) is 12.4 Å². The molecule has 0 aliphatic carbocycles. The number of carbonyl (C=O) groups excluding carboxylic acids is 1. The first-order chi connectivity index (χ1) is 9.11. The van der Waals surface area contributed by atoms with E-state index in [1.807, 2.05) is 24.3 Å². The van der Waals surface area contributed by atoms with E-state index in [4.69, 9.17) is 11.6 Å². The van der Waals surface area contributed by atoms with E-state index in [9.17, 15) is 4.79 Å². The van der Waals surface area contributed by atoms with Gasteiger partial charge >= 0.3 is 0 Å². The molecule has 2 rings (SSSR count). The van der Waals surface area contributed by atoms with E-state index in [2.05, 4.69) is 16.9 Å². The molecule has 2 aromatic rings. The smallest absolute Gasteiger partial charge is 0.278 e. The number of amides is 1. The fraction of sp³-hybridized carbons (Fsp3) is 0.214. The van der Waals surface area contributed by atoms with Gasteiger partial charge in [0, 0.05) is 12.7 Å². The molecule has 1 aromatic heterocycles. The maximum atomic E-state index is 12.2. The average molecular weight is 276 g/mol. The van der Waals surface area contributed by atoms with Gasteiger partial charge in [0.2, 0.25) is 0 Å². The second kappa shape index (κ2) is 5.80. The van der Waals surface area contributed by atoms with Crippen LogP contribution in [0.2, 0.25) is 5.15 Å². The molecule has 0 saturated carbocycles. The zero-order chi connectivity index (χ0) is 13.8. The predicted octanol–water partition coefficient (Wildman–Crippen LogP) is 2.97. The van der Waals surface area contributed by atoms with Crippen LogP contribution in [0.5, 0.6) is 0 Å². The predicted molar refractivity (Wildman–Crippen MR) is 75.6 cm³/mol. The molecule has 0 aliphatic heterocycles. The van der Waals surface area contributed by atoms with Crippen LogP contribution in [-0.4, -0.2) is 22.9 Å². The molecule has 0 bridgehead atoms. The molecule has 98 valence electrons. The van der Waals surface area contributed by atoms with Crippen molar-refractivity contribution >= 4 is 23.2 Å². The number of aromatic nitrogens is 2. The lowest BCUT2D eigenvalue weighted by Crippen LogP contribution is -2.27. The summed E-state index contributed by atoms with van der Waals surface area (Å²) in [6.07, 6.45) is 3.78. The Morgan fingerprint density at radius 2 is 1.95 bits per heavy atom. The van der Waals surface area contributed by atoms with Gasteiger partial charge in [0.25, 0.3) is 5.91 Å². The minimum absolute atomic E-state index is 0.209. The minimum atomic E-state index is -0.237. The Morgan fingerprint density at radius 3 is 2.53 bits per heavy atom. The van der Waals surface area contributed by atoms with Gasteiger partial charge in [-0.15, -0.1) is 0 Å². The molecule has 0 saturated heterocycles. The second-order valence-corrected chi connectivity index (χ2v) is 4.50. The highest BCUT2D eigenvalue weighted by molar-refractivity contribution is 6.29. The van der Waals surface area contributed by atoms with Gasteiger partial charge in [0.1, 0.15) is 10.8 Å². The quantitative estimate of drug-likeness (QED) is 0.865. The van der Waals surface area contributed by atoms with Crippen LogP contribution in [0.3, 0.4) is 0 Å². The lowest BCUT2D eigenvalue weighted by Gasteiger charge is -2.17. The first-order valence-corrected chi connectivity index (χ1v) is 6.34. The van der Waals surface area contributed by atoms with Crippen LogP contribution in [-0.2, 0) is 6.42 Å². The number of hydrogen-bond acceptors (Lipinski definition) is 3. The number of aryl methyl sites for hydroxylation is 1. The largest absolute Gasteiger partial charge is 0.310 e. The van der Waals surface area contributed by atoms with Crippen LogP contribution in [0, 0.1) is 0 Å². The van der Waals surface area contributed by atoms with Gasteiger partial charge in [0.15, 0.2) is 0 Å². The first-order valence-electron chi connectivity index (χ1n) is 5.96. The molecular weight excluding hydrogens is 262 g/mol. The zero-order valence-electron chi connectivity index (χ0n) is 10.8. The van der Waals surface area contributed by atoms with Crippen molar-refractivity contribution in [3.05, 3.63) is 53.1 Å². The van der Waals surface area contributed by atoms with Crippen LogP contribution in [0.25, 0.3) is 0 Å². The third-order valence-electron chi connectivity index (χ3n) is 2.86. The van der Waals surface area contributed by atoms with Gasteiger partial charge in [-0.05, 0) is 24.1 Å². The van der Waals surface area contributed by atoms with Crippen molar-refractivity contribution in [3.8, 4) is 0 Å². The number of nitrogens with zero attached hydrogens (tertiary/aromatic N) is 3. The molecule has 19 heavy (non-hydrogen) atoms. The van der Waals surface area contributed by atoms with E-state index in [1.165, 1.54) is 22.9 Å². The molecule has 0 unspecified atom stereocenters. The van der Waals surface area contributed by atoms with Crippen molar-refractivity contribution in [2.24, 2.45) is 0 Å². The first kappa shape index (κ1) is 13.5. The molecular formula is C14H14ClN3O. The third-order valence-corrected chi connectivity index (χ3v) is 3.04. The molecule has 0 atom stereocenters. The molecule has 0 aliphatic rings. The van der Waals surface area contributed by atoms with E-state index in [-0.39, 0.29) is 16.8 Å². The maximum Gasteiger partial charge on any atom is 0.278 e. The van der Waals surface area contributed by atoms with Gasteiger partial charge in [-0.1, -0.05) is 30.7 Å². The van der Waals surface area contributed by atoms with Gasteiger partial charge in [-0.2, -0.15) is 0 Å². The van der Waals surface area contributed by atoms with E-state index in [0.717, 1.165) is 12.1 Å². The molecule has 1 heterocycles. The maximum absolute atomic E-state index is 12.2. The summed E-state index contributed by atoms with van der Waals surface area (Å²) >= 11 is 5.73. The van der Waals surface area contributed by atoms with Crippen molar-refractivity contribution in [1.29, 1.82) is 0 Å². The fourth-order valence-corrected chi connectivity index (χ4v) is 1.84. The summed E-state index contributed by atoms with van der Waals surface area (Å²) < 4.78 is 0. The standard InChI is InChI=1S/C14H14ClN3O/c1-3-10-4-6-11(7-5-10)18(2)14(19)12-8-16-9-13(15)17-12/h4-9H,3H2,1-2H3. The van der Waals surface area contributed by atoms with Crippen LogP contribution in [0.4, 0.5) is 5.69 Å². The average Bonchev–Trinajstić information content (AvgIpc) is 2.46. The molecule has 5 heteroatoms. The number of halogens is 1. The van der Waals surface area contributed by atoms with Crippen molar-refractivity contribution in [1.82, 2.24) is 9.97 Å². The summed E-state index contributed by atoms with van der Waals surface area (Å²) in [7, 11) is 1.70. The van der Waals surface area contributed by atoms with Crippen LogP contribution in [0.15, 0.2) is 36.7 Å². The van der Waals surface area contributed by atoms with Gasteiger partial charge in [-0.25, -0.2) is 4.98 Å². The number of rotatable bonds is 3. The van der Waals surface area contributed by atoms with E-state index in [1.54, 1.807) is 7.05 Å². The molecule has 0 spiro atoms. The molecule has 0 fully saturated rings. The number of anilines is 1. The molecule has 0 radical (unpaired) electrons. The summed E-state index contributed by atoms with van der Waals surface area (Å²) in [6.45, 7) is 2.09. The monoisotopic (exact) mass is 275 g/mol. The molecule has 4 nitrogen and oxygen atoms in total. The topological polar surface area (TPSA) is 46.1 Å². The molecule has 0 N–H and O–H groups in total. The van der Waals surface area contributed by atoms with Crippen LogP contribution < -0.4 is 4.90 Å². The molecule has 1 aromatic carbocycles.